The molecule has 0 spiro atoms. The van der Waals surface area contributed by atoms with Gasteiger partial charge in [0.1, 0.15) is 11.8 Å². The van der Waals surface area contributed by atoms with Crippen molar-refractivity contribution in [3.63, 3.8) is 0 Å². The summed E-state index contributed by atoms with van der Waals surface area (Å²) < 4.78 is 40.4. The molecule has 0 aromatic carbocycles. The fraction of sp³-hybridized carbons (Fsp3) is 0.444. The van der Waals surface area contributed by atoms with Gasteiger partial charge in [0.2, 0.25) is 5.60 Å². The third kappa shape index (κ3) is 3.57. The van der Waals surface area contributed by atoms with Gasteiger partial charge in [0.15, 0.2) is 0 Å². The van der Waals surface area contributed by atoms with Crippen LogP contribution in [-0.4, -0.2) is 55.5 Å². The number of rotatable bonds is 3. The number of carbonyl (C=O) groups is 1. The average molecular weight is 393 g/mol. The molecule has 1 atom stereocenters. The molecule has 0 saturated carbocycles. The van der Waals surface area contributed by atoms with Gasteiger partial charge in [-0.15, -0.1) is 0 Å². The van der Waals surface area contributed by atoms with Crippen molar-refractivity contribution in [2.75, 3.05) is 13.1 Å². The quantitative estimate of drug-likeness (QED) is 0.862. The van der Waals surface area contributed by atoms with Crippen molar-refractivity contribution in [3.8, 4) is 11.8 Å². The molecule has 2 aromatic heterocycles. The monoisotopic (exact) mass is 393 g/mol. The molecule has 0 unspecified atom stereocenters. The maximum absolute atomic E-state index is 12.9. The molecule has 3 rings (SSSR count). The summed E-state index contributed by atoms with van der Waals surface area (Å²) in [6.45, 7) is 0.688. The molecule has 3 heterocycles. The molecular formula is C18H18F3N5O2. The third-order valence-corrected chi connectivity index (χ3v) is 4.95. The number of amides is 1. The van der Waals surface area contributed by atoms with Crippen LogP contribution in [0.25, 0.3) is 5.69 Å². The molecule has 0 bridgehead atoms. The summed E-state index contributed by atoms with van der Waals surface area (Å²) in [5.74, 6) is -1.35. The number of likely N-dealkylation sites (tertiary alicyclic amines) is 1. The minimum atomic E-state index is -5.03. The Balaban J connectivity index is 1.72. The SMILES string of the molecule is C[C@@](O)(C(=O)N1CCC(c2ccnn2-c2ccc(C#N)nc2)CC1)C(F)(F)F. The molecule has 7 nitrogen and oxygen atoms in total. The average Bonchev–Trinajstić information content (AvgIpc) is 3.16. The lowest BCUT2D eigenvalue weighted by molar-refractivity contribution is -0.250. The summed E-state index contributed by atoms with van der Waals surface area (Å²) in [7, 11) is 0. The number of pyridine rings is 1. The zero-order valence-electron chi connectivity index (χ0n) is 15.0. The van der Waals surface area contributed by atoms with E-state index in [4.69, 9.17) is 5.26 Å². The highest BCUT2D eigenvalue weighted by atomic mass is 19.4. The molecule has 1 aliphatic heterocycles. The topological polar surface area (TPSA) is 95.0 Å². The van der Waals surface area contributed by atoms with E-state index in [2.05, 4.69) is 10.1 Å². The highest BCUT2D eigenvalue weighted by Gasteiger charge is 2.57. The van der Waals surface area contributed by atoms with Crippen LogP contribution in [0.3, 0.4) is 0 Å². The number of hydrogen-bond donors (Lipinski definition) is 1. The van der Waals surface area contributed by atoms with Crippen LogP contribution in [0.5, 0.6) is 0 Å². The summed E-state index contributed by atoms with van der Waals surface area (Å²) in [6.07, 6.45) is -1.01. The summed E-state index contributed by atoms with van der Waals surface area (Å²) in [6, 6.07) is 7.03. The van der Waals surface area contributed by atoms with Crippen molar-refractivity contribution < 1.29 is 23.1 Å². The Labute approximate surface area is 159 Å². The van der Waals surface area contributed by atoms with Crippen LogP contribution < -0.4 is 0 Å². The normalized spacial score (nSPS) is 17.8. The van der Waals surface area contributed by atoms with E-state index < -0.39 is 17.7 Å². The number of aromatic nitrogens is 3. The van der Waals surface area contributed by atoms with E-state index in [1.807, 2.05) is 12.1 Å². The van der Waals surface area contributed by atoms with Gasteiger partial charge in [0, 0.05) is 30.9 Å². The van der Waals surface area contributed by atoms with E-state index in [0.29, 0.717) is 25.5 Å². The van der Waals surface area contributed by atoms with Gasteiger partial charge in [-0.1, -0.05) is 0 Å². The van der Waals surface area contributed by atoms with Gasteiger partial charge in [-0.2, -0.15) is 23.5 Å². The molecular weight excluding hydrogens is 375 g/mol. The Morgan fingerprint density at radius 2 is 1.96 bits per heavy atom. The second-order valence-electron chi connectivity index (χ2n) is 6.82. The highest BCUT2D eigenvalue weighted by molar-refractivity contribution is 5.85. The van der Waals surface area contributed by atoms with E-state index in [1.165, 1.54) is 6.20 Å². The van der Waals surface area contributed by atoms with Gasteiger partial charge >= 0.3 is 6.18 Å². The van der Waals surface area contributed by atoms with Crippen molar-refractivity contribution in [1.82, 2.24) is 19.7 Å². The zero-order chi connectivity index (χ0) is 20.5. The van der Waals surface area contributed by atoms with E-state index >= 15 is 0 Å². The number of piperidine rings is 1. The van der Waals surface area contributed by atoms with E-state index in [1.54, 1.807) is 23.0 Å². The van der Waals surface area contributed by atoms with Crippen LogP contribution in [0, 0.1) is 11.3 Å². The van der Waals surface area contributed by atoms with Gasteiger partial charge in [-0.25, -0.2) is 9.67 Å². The number of halogens is 3. The third-order valence-electron chi connectivity index (χ3n) is 4.95. The van der Waals surface area contributed by atoms with Crippen molar-refractivity contribution in [3.05, 3.63) is 42.0 Å². The van der Waals surface area contributed by atoms with E-state index in [9.17, 15) is 23.1 Å². The molecule has 28 heavy (non-hydrogen) atoms. The molecule has 1 amide bonds. The molecule has 1 saturated heterocycles. The van der Waals surface area contributed by atoms with Crippen molar-refractivity contribution in [2.45, 2.75) is 37.5 Å². The molecule has 1 fully saturated rings. The maximum atomic E-state index is 12.9. The number of carbonyl (C=O) groups excluding carboxylic acids is 1. The minimum Gasteiger partial charge on any atom is -0.373 e. The molecule has 148 valence electrons. The second kappa shape index (κ2) is 7.24. The molecule has 0 radical (unpaired) electrons. The van der Waals surface area contributed by atoms with Gasteiger partial charge in [0.05, 0.1) is 11.9 Å². The number of hydrogen-bond acceptors (Lipinski definition) is 5. The second-order valence-corrected chi connectivity index (χ2v) is 6.82. The van der Waals surface area contributed by atoms with Crippen molar-refractivity contribution in [1.29, 1.82) is 5.26 Å². The Hall–Kier alpha value is -2.93. The van der Waals surface area contributed by atoms with Gasteiger partial charge in [-0.3, -0.25) is 4.79 Å². The number of aliphatic hydroxyl groups is 1. The Bertz CT molecular complexity index is 891. The first-order chi connectivity index (χ1) is 13.1. The number of nitriles is 1. The van der Waals surface area contributed by atoms with E-state index in [-0.39, 0.29) is 24.7 Å². The molecule has 0 aliphatic carbocycles. The fourth-order valence-corrected chi connectivity index (χ4v) is 3.22. The summed E-state index contributed by atoms with van der Waals surface area (Å²) in [4.78, 5) is 17.2. The fourth-order valence-electron chi connectivity index (χ4n) is 3.22. The molecule has 10 heteroatoms. The van der Waals surface area contributed by atoms with Crippen LogP contribution in [0.15, 0.2) is 30.6 Å². The highest BCUT2D eigenvalue weighted by Crippen LogP contribution is 2.34. The van der Waals surface area contributed by atoms with Gasteiger partial charge < -0.3 is 10.0 Å². The minimum absolute atomic E-state index is 0.0157. The van der Waals surface area contributed by atoms with Crippen molar-refractivity contribution >= 4 is 5.91 Å². The summed E-state index contributed by atoms with van der Waals surface area (Å²) in [5, 5.41) is 22.7. The largest absolute Gasteiger partial charge is 0.426 e. The summed E-state index contributed by atoms with van der Waals surface area (Å²) >= 11 is 0. The smallest absolute Gasteiger partial charge is 0.373 e. The zero-order valence-corrected chi connectivity index (χ0v) is 15.0. The van der Waals surface area contributed by atoms with E-state index in [0.717, 1.165) is 10.6 Å². The van der Waals surface area contributed by atoms with Crippen LogP contribution in [0.2, 0.25) is 0 Å². The Morgan fingerprint density at radius 3 is 2.50 bits per heavy atom. The van der Waals surface area contributed by atoms with Crippen LogP contribution in [0.4, 0.5) is 13.2 Å². The van der Waals surface area contributed by atoms with Gasteiger partial charge in [0.25, 0.3) is 5.91 Å². The number of alkyl halides is 3. The first-order valence-electron chi connectivity index (χ1n) is 8.64. The predicted octanol–water partition coefficient (Wildman–Crippen LogP) is 2.16. The standard InChI is InChI=1S/C18H18F3N5O2/c1-17(28,18(19,20)21)16(27)25-8-5-12(6-9-25)15-4-7-24-26(15)14-3-2-13(10-22)23-11-14/h2-4,7,11-12,28H,5-6,8-9H2,1H3/t17-/m1/s1. The predicted molar refractivity (Wildman–Crippen MR) is 91.3 cm³/mol. The Morgan fingerprint density at radius 1 is 1.29 bits per heavy atom. The van der Waals surface area contributed by atoms with Gasteiger partial charge in [-0.05, 0) is 38.0 Å². The van der Waals surface area contributed by atoms with Crippen LogP contribution in [-0.2, 0) is 4.79 Å². The Kier molecular flexibility index (Phi) is 5.12. The first-order valence-corrected chi connectivity index (χ1v) is 8.64. The molecule has 1 N–H and O–H groups in total. The number of nitrogens with zero attached hydrogens (tertiary/aromatic N) is 5. The first kappa shape index (κ1) is 19.8. The van der Waals surface area contributed by atoms with Crippen LogP contribution >= 0.6 is 0 Å². The van der Waals surface area contributed by atoms with Crippen molar-refractivity contribution in [2.24, 2.45) is 0 Å². The molecule has 2 aromatic rings. The lowest BCUT2D eigenvalue weighted by Crippen LogP contribution is -2.57. The lowest BCUT2D eigenvalue weighted by Gasteiger charge is -2.36. The lowest BCUT2D eigenvalue weighted by atomic mass is 9.92. The van der Waals surface area contributed by atoms with Crippen LogP contribution in [0.1, 0.15) is 37.1 Å². The molecule has 1 aliphatic rings. The summed E-state index contributed by atoms with van der Waals surface area (Å²) in [5.41, 5.74) is -1.60. The maximum Gasteiger partial charge on any atom is 0.426 e.